The first-order chi connectivity index (χ1) is 8.66. The average Bonchev–Trinajstić information content (AvgIpc) is 2.69. The minimum Gasteiger partial charge on any atom is -0.370 e. The number of fused-ring (bicyclic) bond motifs is 1. The molecule has 3 rings (SSSR count). The summed E-state index contributed by atoms with van der Waals surface area (Å²) in [6.45, 7) is 9.15. The quantitative estimate of drug-likeness (QED) is 0.756. The first-order valence-electron chi connectivity index (χ1n) is 6.76. The molecule has 0 radical (unpaired) electrons. The molecule has 2 aromatic rings. The molecule has 2 heteroatoms. The lowest BCUT2D eigenvalue weighted by Gasteiger charge is -2.20. The van der Waals surface area contributed by atoms with E-state index in [9.17, 15) is 0 Å². The first-order valence-corrected chi connectivity index (χ1v) is 6.76. The SMILES string of the molecule is Cc1cccc2c(N3CC(C)C(C)C3)ccnc12. The number of anilines is 1. The monoisotopic (exact) mass is 240 g/mol. The molecule has 0 spiro atoms. The molecule has 0 bridgehead atoms. The van der Waals surface area contributed by atoms with Crippen LogP contribution in [0.1, 0.15) is 19.4 Å². The standard InChI is InChI=1S/C16H20N2/c1-11-5-4-6-14-15(7-8-17-16(11)14)18-9-12(2)13(3)10-18/h4-8,12-13H,9-10H2,1-3H3. The van der Waals surface area contributed by atoms with E-state index in [4.69, 9.17) is 0 Å². The topological polar surface area (TPSA) is 16.1 Å². The van der Waals surface area contributed by atoms with Crippen molar-refractivity contribution in [3.63, 3.8) is 0 Å². The fourth-order valence-corrected chi connectivity index (χ4v) is 2.91. The van der Waals surface area contributed by atoms with Gasteiger partial charge >= 0.3 is 0 Å². The van der Waals surface area contributed by atoms with Gasteiger partial charge in [-0.1, -0.05) is 32.0 Å². The second kappa shape index (κ2) is 4.27. The highest BCUT2D eigenvalue weighted by Crippen LogP contribution is 2.32. The minimum absolute atomic E-state index is 0.776. The van der Waals surface area contributed by atoms with Gasteiger partial charge < -0.3 is 4.90 Å². The number of benzene rings is 1. The van der Waals surface area contributed by atoms with Gasteiger partial charge in [0.25, 0.3) is 0 Å². The fraction of sp³-hybridized carbons (Fsp3) is 0.438. The predicted octanol–water partition coefficient (Wildman–Crippen LogP) is 3.64. The van der Waals surface area contributed by atoms with Gasteiger partial charge in [-0.2, -0.15) is 0 Å². The molecule has 18 heavy (non-hydrogen) atoms. The molecule has 1 saturated heterocycles. The Hall–Kier alpha value is -1.57. The smallest absolute Gasteiger partial charge is 0.0751 e. The predicted molar refractivity (Wildman–Crippen MR) is 77.0 cm³/mol. The number of aryl methyl sites for hydroxylation is 1. The zero-order valence-electron chi connectivity index (χ0n) is 11.4. The van der Waals surface area contributed by atoms with Crippen molar-refractivity contribution >= 4 is 16.6 Å². The van der Waals surface area contributed by atoms with Crippen LogP contribution in [0.2, 0.25) is 0 Å². The summed E-state index contributed by atoms with van der Waals surface area (Å²) in [6.07, 6.45) is 1.94. The summed E-state index contributed by atoms with van der Waals surface area (Å²) in [5, 5.41) is 1.29. The average molecular weight is 240 g/mol. The molecule has 2 nitrogen and oxygen atoms in total. The van der Waals surface area contributed by atoms with Gasteiger partial charge in [-0.3, -0.25) is 4.98 Å². The number of rotatable bonds is 1. The maximum atomic E-state index is 4.52. The maximum Gasteiger partial charge on any atom is 0.0751 e. The molecule has 2 unspecified atom stereocenters. The molecule has 0 saturated carbocycles. The van der Waals surface area contributed by atoms with Crippen molar-refractivity contribution in [2.24, 2.45) is 11.8 Å². The number of aromatic nitrogens is 1. The van der Waals surface area contributed by atoms with Crippen LogP contribution in [0.5, 0.6) is 0 Å². The molecule has 2 heterocycles. The Balaban J connectivity index is 2.10. The number of para-hydroxylation sites is 1. The zero-order valence-corrected chi connectivity index (χ0v) is 11.4. The van der Waals surface area contributed by atoms with Crippen molar-refractivity contribution in [1.82, 2.24) is 4.98 Å². The molecule has 1 aliphatic heterocycles. The summed E-state index contributed by atoms with van der Waals surface area (Å²) in [5.41, 5.74) is 3.75. The lowest BCUT2D eigenvalue weighted by Crippen LogP contribution is -2.19. The Morgan fingerprint density at radius 3 is 2.56 bits per heavy atom. The van der Waals surface area contributed by atoms with Gasteiger partial charge in [-0.25, -0.2) is 0 Å². The summed E-state index contributed by atoms with van der Waals surface area (Å²) in [6, 6.07) is 8.62. The number of pyridine rings is 1. The number of hydrogen-bond donors (Lipinski definition) is 0. The van der Waals surface area contributed by atoms with Crippen LogP contribution in [-0.4, -0.2) is 18.1 Å². The largest absolute Gasteiger partial charge is 0.370 e. The summed E-state index contributed by atoms with van der Waals surface area (Å²) in [5.74, 6) is 1.55. The second-order valence-electron chi connectivity index (χ2n) is 5.66. The van der Waals surface area contributed by atoms with E-state index in [2.05, 4.69) is 54.9 Å². The third kappa shape index (κ3) is 1.76. The van der Waals surface area contributed by atoms with E-state index in [1.165, 1.54) is 16.6 Å². The van der Waals surface area contributed by atoms with Crippen LogP contribution in [0.4, 0.5) is 5.69 Å². The Morgan fingerprint density at radius 1 is 1.11 bits per heavy atom. The Bertz CT molecular complexity index is 566. The van der Waals surface area contributed by atoms with Crippen molar-refractivity contribution in [3.05, 3.63) is 36.0 Å². The molecule has 0 amide bonds. The second-order valence-corrected chi connectivity index (χ2v) is 5.66. The van der Waals surface area contributed by atoms with E-state index in [-0.39, 0.29) is 0 Å². The van der Waals surface area contributed by atoms with Crippen LogP contribution in [0.15, 0.2) is 30.5 Å². The maximum absolute atomic E-state index is 4.52. The highest BCUT2D eigenvalue weighted by molar-refractivity contribution is 5.93. The summed E-state index contributed by atoms with van der Waals surface area (Å²) in [4.78, 5) is 7.04. The molecule has 0 aliphatic carbocycles. The van der Waals surface area contributed by atoms with Crippen molar-refractivity contribution in [2.75, 3.05) is 18.0 Å². The van der Waals surface area contributed by atoms with Gasteiger partial charge in [0.2, 0.25) is 0 Å². The van der Waals surface area contributed by atoms with Crippen LogP contribution >= 0.6 is 0 Å². The number of hydrogen-bond acceptors (Lipinski definition) is 2. The van der Waals surface area contributed by atoms with Gasteiger partial charge in [0.05, 0.1) is 5.52 Å². The summed E-state index contributed by atoms with van der Waals surface area (Å²) >= 11 is 0. The molecule has 1 aromatic carbocycles. The van der Waals surface area contributed by atoms with Crippen LogP contribution in [0.25, 0.3) is 10.9 Å². The van der Waals surface area contributed by atoms with Gasteiger partial charge in [-0.15, -0.1) is 0 Å². The number of nitrogens with zero attached hydrogens (tertiary/aromatic N) is 2. The van der Waals surface area contributed by atoms with Gasteiger partial charge in [0, 0.05) is 30.4 Å². The van der Waals surface area contributed by atoms with E-state index in [1.54, 1.807) is 0 Å². The Morgan fingerprint density at radius 2 is 1.83 bits per heavy atom. The van der Waals surface area contributed by atoms with Gasteiger partial charge in [0.1, 0.15) is 0 Å². The van der Waals surface area contributed by atoms with E-state index in [0.717, 1.165) is 30.4 Å². The molecule has 0 N–H and O–H groups in total. The van der Waals surface area contributed by atoms with Crippen molar-refractivity contribution < 1.29 is 0 Å². The summed E-state index contributed by atoms with van der Waals surface area (Å²) < 4.78 is 0. The molecule has 94 valence electrons. The highest BCUT2D eigenvalue weighted by Gasteiger charge is 2.27. The minimum atomic E-state index is 0.776. The lowest BCUT2D eigenvalue weighted by atomic mass is 10.0. The molecular formula is C16H20N2. The summed E-state index contributed by atoms with van der Waals surface area (Å²) in [7, 11) is 0. The van der Waals surface area contributed by atoms with Crippen molar-refractivity contribution in [3.8, 4) is 0 Å². The van der Waals surface area contributed by atoms with Gasteiger partial charge in [-0.05, 0) is 30.4 Å². The lowest BCUT2D eigenvalue weighted by molar-refractivity contribution is 0.494. The van der Waals surface area contributed by atoms with E-state index >= 15 is 0 Å². The molecular weight excluding hydrogens is 220 g/mol. The molecule has 1 aromatic heterocycles. The fourth-order valence-electron chi connectivity index (χ4n) is 2.91. The van der Waals surface area contributed by atoms with Gasteiger partial charge in [0.15, 0.2) is 0 Å². The van der Waals surface area contributed by atoms with Crippen molar-refractivity contribution in [1.29, 1.82) is 0 Å². The zero-order chi connectivity index (χ0) is 12.7. The third-order valence-corrected chi connectivity index (χ3v) is 4.28. The Kier molecular flexibility index (Phi) is 2.73. The van der Waals surface area contributed by atoms with E-state index < -0.39 is 0 Å². The van der Waals surface area contributed by atoms with Crippen LogP contribution in [-0.2, 0) is 0 Å². The van der Waals surface area contributed by atoms with Crippen molar-refractivity contribution in [2.45, 2.75) is 20.8 Å². The van der Waals surface area contributed by atoms with Crippen LogP contribution < -0.4 is 4.90 Å². The normalized spacial score (nSPS) is 23.8. The highest BCUT2D eigenvalue weighted by atomic mass is 15.2. The van der Waals surface area contributed by atoms with Crippen LogP contribution in [0, 0.1) is 18.8 Å². The molecule has 1 fully saturated rings. The Labute approximate surface area is 109 Å². The first kappa shape index (κ1) is 11.5. The third-order valence-electron chi connectivity index (χ3n) is 4.28. The van der Waals surface area contributed by atoms with E-state index in [0.29, 0.717) is 0 Å². The molecule has 1 aliphatic rings. The van der Waals surface area contributed by atoms with Crippen LogP contribution in [0.3, 0.4) is 0 Å². The van der Waals surface area contributed by atoms with E-state index in [1.807, 2.05) is 6.20 Å². The molecule has 2 atom stereocenters.